The maximum atomic E-state index is 10.6. The number of aryl methyl sites for hydroxylation is 1. The average Bonchev–Trinajstić information content (AvgIpc) is 3.34. The van der Waals surface area contributed by atoms with E-state index < -0.39 is 12.1 Å². The van der Waals surface area contributed by atoms with Crippen molar-refractivity contribution >= 4 is 17.3 Å². The highest BCUT2D eigenvalue weighted by Crippen LogP contribution is 2.44. The van der Waals surface area contributed by atoms with E-state index in [-0.39, 0.29) is 5.41 Å². The SMILES string of the molecule is Cc1nnc(C[C@]23COC[C@H]2CN(Cc2cccs2)C3)o1.O=C(O)C(F)(F)F. The van der Waals surface area contributed by atoms with Crippen LogP contribution in [0.3, 0.4) is 0 Å². The van der Waals surface area contributed by atoms with Crippen LogP contribution in [-0.2, 0) is 22.5 Å². The summed E-state index contributed by atoms with van der Waals surface area (Å²) in [6.45, 7) is 6.70. The first-order valence-electron chi connectivity index (χ1n) is 8.59. The minimum atomic E-state index is -5.08. The van der Waals surface area contributed by atoms with Crippen LogP contribution in [0.15, 0.2) is 21.9 Å². The lowest BCUT2D eigenvalue weighted by Crippen LogP contribution is -2.33. The van der Waals surface area contributed by atoms with Gasteiger partial charge in [-0.2, -0.15) is 13.2 Å². The van der Waals surface area contributed by atoms with Gasteiger partial charge in [0.15, 0.2) is 0 Å². The Kier molecular flexibility index (Phi) is 6.06. The first-order valence-corrected chi connectivity index (χ1v) is 9.47. The molecule has 0 unspecified atom stereocenters. The maximum Gasteiger partial charge on any atom is 0.490 e. The summed E-state index contributed by atoms with van der Waals surface area (Å²) < 4.78 is 43.1. The Morgan fingerprint density at radius 2 is 2.21 bits per heavy atom. The second kappa shape index (κ2) is 8.18. The van der Waals surface area contributed by atoms with Gasteiger partial charge in [-0.3, -0.25) is 4.90 Å². The predicted molar refractivity (Wildman–Crippen MR) is 92.8 cm³/mol. The maximum absolute atomic E-state index is 10.6. The Balaban J connectivity index is 0.000000279. The highest BCUT2D eigenvalue weighted by molar-refractivity contribution is 7.09. The van der Waals surface area contributed by atoms with Gasteiger partial charge >= 0.3 is 12.1 Å². The lowest BCUT2D eigenvalue weighted by Gasteiger charge is -2.25. The van der Waals surface area contributed by atoms with Crippen molar-refractivity contribution in [1.82, 2.24) is 15.1 Å². The van der Waals surface area contributed by atoms with Gasteiger partial charge in [-0.25, -0.2) is 4.79 Å². The number of rotatable bonds is 4. The molecule has 154 valence electrons. The number of aromatic nitrogens is 2. The van der Waals surface area contributed by atoms with E-state index in [1.165, 1.54) is 4.88 Å². The van der Waals surface area contributed by atoms with E-state index >= 15 is 0 Å². The van der Waals surface area contributed by atoms with Gasteiger partial charge in [0.05, 0.1) is 13.2 Å². The van der Waals surface area contributed by atoms with E-state index in [2.05, 4.69) is 32.6 Å². The zero-order valence-electron chi connectivity index (χ0n) is 15.1. The van der Waals surface area contributed by atoms with Gasteiger partial charge in [0.25, 0.3) is 0 Å². The van der Waals surface area contributed by atoms with Crippen molar-refractivity contribution in [2.75, 3.05) is 26.3 Å². The number of halogens is 3. The van der Waals surface area contributed by atoms with Gasteiger partial charge in [0, 0.05) is 49.2 Å². The molecule has 0 aromatic carbocycles. The Morgan fingerprint density at radius 3 is 2.79 bits per heavy atom. The second-order valence-corrected chi connectivity index (χ2v) is 8.05. The quantitative estimate of drug-likeness (QED) is 0.815. The van der Waals surface area contributed by atoms with Crippen LogP contribution in [0.25, 0.3) is 0 Å². The molecule has 0 radical (unpaired) electrons. The molecule has 0 spiro atoms. The number of hydrogen-bond donors (Lipinski definition) is 1. The van der Waals surface area contributed by atoms with Crippen LogP contribution in [-0.4, -0.2) is 58.7 Å². The van der Waals surface area contributed by atoms with Crippen LogP contribution in [0.4, 0.5) is 13.2 Å². The van der Waals surface area contributed by atoms with E-state index in [0.717, 1.165) is 45.2 Å². The molecule has 2 aromatic heterocycles. The number of carboxylic acids is 1. The molecular formula is C17H20F3N3O4S. The molecular weight excluding hydrogens is 399 g/mol. The number of nitrogens with zero attached hydrogens (tertiary/aromatic N) is 3. The smallest absolute Gasteiger partial charge is 0.475 e. The van der Waals surface area contributed by atoms with Crippen molar-refractivity contribution in [1.29, 1.82) is 0 Å². The summed E-state index contributed by atoms with van der Waals surface area (Å²) >= 11 is 1.83. The Labute approximate surface area is 163 Å². The van der Waals surface area contributed by atoms with E-state index in [1.807, 2.05) is 18.3 Å². The third-order valence-electron chi connectivity index (χ3n) is 4.86. The fourth-order valence-electron chi connectivity index (χ4n) is 3.65. The molecule has 4 rings (SSSR count). The molecule has 2 atom stereocenters. The molecule has 2 saturated heterocycles. The van der Waals surface area contributed by atoms with Gasteiger partial charge in [0.1, 0.15) is 0 Å². The summed E-state index contributed by atoms with van der Waals surface area (Å²) in [6, 6.07) is 4.33. The molecule has 0 saturated carbocycles. The molecule has 2 aliphatic rings. The number of carbonyl (C=O) groups is 1. The van der Waals surface area contributed by atoms with Crippen molar-refractivity contribution in [3.8, 4) is 0 Å². The normalized spacial score (nSPS) is 24.6. The molecule has 2 aliphatic heterocycles. The fraction of sp³-hybridized carbons (Fsp3) is 0.588. The summed E-state index contributed by atoms with van der Waals surface area (Å²) in [5.74, 6) is -0.788. The molecule has 4 heterocycles. The van der Waals surface area contributed by atoms with Crippen LogP contribution in [0.1, 0.15) is 16.7 Å². The Hall–Kier alpha value is -1.98. The Bertz CT molecular complexity index is 796. The first kappa shape index (κ1) is 20.7. The van der Waals surface area contributed by atoms with E-state index in [1.54, 1.807) is 0 Å². The van der Waals surface area contributed by atoms with Crippen molar-refractivity contribution < 1.29 is 32.2 Å². The third kappa shape index (κ3) is 4.89. The minimum absolute atomic E-state index is 0.149. The monoisotopic (exact) mass is 419 g/mol. The first-order chi connectivity index (χ1) is 13.2. The standard InChI is InChI=1S/C15H19N3O2S.C2HF3O2/c1-11-16-17-14(20-11)5-15-9-18(6-12(15)8-19-10-15)7-13-3-2-4-21-13;3-2(4,5)1(6)7/h2-4,12H,5-10H2,1H3;(H,6,7)/t12-,15+;/m1./s1. The number of hydrogen-bond acceptors (Lipinski definition) is 7. The van der Waals surface area contributed by atoms with Crippen LogP contribution in [0.5, 0.6) is 0 Å². The highest BCUT2D eigenvalue weighted by Gasteiger charge is 2.51. The van der Waals surface area contributed by atoms with E-state index in [4.69, 9.17) is 19.1 Å². The molecule has 0 amide bonds. The van der Waals surface area contributed by atoms with E-state index in [9.17, 15) is 13.2 Å². The molecule has 0 aliphatic carbocycles. The molecule has 11 heteroatoms. The number of aliphatic carboxylic acids is 1. The number of carboxylic acid groups (broad SMARTS) is 1. The van der Waals surface area contributed by atoms with Crippen LogP contribution < -0.4 is 0 Å². The summed E-state index contributed by atoms with van der Waals surface area (Å²) in [4.78, 5) is 12.9. The lowest BCUT2D eigenvalue weighted by molar-refractivity contribution is -0.192. The minimum Gasteiger partial charge on any atom is -0.475 e. The topological polar surface area (TPSA) is 88.7 Å². The second-order valence-electron chi connectivity index (χ2n) is 7.02. The van der Waals surface area contributed by atoms with Crippen molar-refractivity contribution in [3.63, 3.8) is 0 Å². The molecule has 2 aromatic rings. The van der Waals surface area contributed by atoms with Gasteiger partial charge in [-0.05, 0) is 11.4 Å². The van der Waals surface area contributed by atoms with E-state index in [0.29, 0.717) is 11.8 Å². The summed E-state index contributed by atoms with van der Waals surface area (Å²) in [5, 5.41) is 17.4. The van der Waals surface area contributed by atoms with Crippen LogP contribution in [0.2, 0.25) is 0 Å². The summed E-state index contributed by atoms with van der Waals surface area (Å²) in [5.41, 5.74) is 0.149. The number of ether oxygens (including phenoxy) is 1. The predicted octanol–water partition coefficient (Wildman–Crippen LogP) is 2.76. The largest absolute Gasteiger partial charge is 0.490 e. The molecule has 0 bridgehead atoms. The molecule has 1 N–H and O–H groups in total. The number of fused-ring (bicyclic) bond motifs is 1. The van der Waals surface area contributed by atoms with Gasteiger partial charge in [-0.1, -0.05) is 6.07 Å². The Morgan fingerprint density at radius 1 is 1.46 bits per heavy atom. The van der Waals surface area contributed by atoms with Gasteiger partial charge in [-0.15, -0.1) is 21.5 Å². The molecule has 2 fully saturated rings. The third-order valence-corrected chi connectivity index (χ3v) is 5.73. The van der Waals surface area contributed by atoms with Crippen LogP contribution >= 0.6 is 11.3 Å². The van der Waals surface area contributed by atoms with Crippen molar-refractivity contribution in [3.05, 3.63) is 34.2 Å². The average molecular weight is 419 g/mol. The van der Waals surface area contributed by atoms with Crippen LogP contribution in [0, 0.1) is 18.3 Å². The lowest BCUT2D eigenvalue weighted by atomic mass is 9.78. The highest BCUT2D eigenvalue weighted by atomic mass is 32.1. The molecule has 7 nitrogen and oxygen atoms in total. The van der Waals surface area contributed by atoms with Crippen molar-refractivity contribution in [2.24, 2.45) is 11.3 Å². The van der Waals surface area contributed by atoms with Gasteiger partial charge < -0.3 is 14.3 Å². The molecule has 28 heavy (non-hydrogen) atoms. The van der Waals surface area contributed by atoms with Gasteiger partial charge in [0.2, 0.25) is 11.8 Å². The van der Waals surface area contributed by atoms with Crippen molar-refractivity contribution in [2.45, 2.75) is 26.1 Å². The fourth-order valence-corrected chi connectivity index (χ4v) is 4.39. The zero-order chi connectivity index (χ0) is 20.4. The number of alkyl halides is 3. The number of likely N-dealkylation sites (tertiary alicyclic amines) is 1. The summed E-state index contributed by atoms with van der Waals surface area (Å²) in [6.07, 6.45) is -4.25. The zero-order valence-corrected chi connectivity index (χ0v) is 15.9. The number of thiophene rings is 1. The summed E-state index contributed by atoms with van der Waals surface area (Å²) in [7, 11) is 0.